The Labute approximate surface area is 152 Å². The Morgan fingerprint density at radius 1 is 1.40 bits per heavy atom. The Kier molecular flexibility index (Phi) is 9.01. The molecule has 3 N–H and O–H groups in total. The van der Waals surface area contributed by atoms with Crippen molar-refractivity contribution in [1.82, 2.24) is 10.3 Å². The van der Waals surface area contributed by atoms with Crippen molar-refractivity contribution in [1.29, 1.82) is 5.26 Å². The fourth-order valence-corrected chi connectivity index (χ4v) is 2.02. The molecule has 0 aliphatic carbocycles. The van der Waals surface area contributed by atoms with Gasteiger partial charge in [-0.15, -0.1) is 0 Å². The number of nitriles is 1. The predicted octanol–water partition coefficient (Wildman–Crippen LogP) is 2.85. The SMILES string of the molecule is CCOc1nc(C=O)cc(N)c1C#N.CNCCc1ccc(Cl)cc1. The largest absolute Gasteiger partial charge is 0.477 e. The summed E-state index contributed by atoms with van der Waals surface area (Å²) in [5, 5.41) is 12.7. The molecule has 0 atom stereocenters. The zero-order valence-electron chi connectivity index (χ0n) is 14.3. The molecule has 0 aliphatic rings. The van der Waals surface area contributed by atoms with Crippen LogP contribution in [0, 0.1) is 11.3 Å². The molecule has 1 aromatic carbocycles. The molecule has 1 heterocycles. The number of ether oxygens (including phenoxy) is 1. The number of rotatable bonds is 6. The lowest BCUT2D eigenvalue weighted by atomic mass is 10.1. The first-order valence-corrected chi connectivity index (χ1v) is 8.11. The highest BCUT2D eigenvalue weighted by molar-refractivity contribution is 6.30. The number of carbonyl (C=O) groups is 1. The van der Waals surface area contributed by atoms with Gasteiger partial charge in [-0.25, -0.2) is 4.98 Å². The summed E-state index contributed by atoms with van der Waals surface area (Å²) in [6.45, 7) is 3.14. The normalized spacial score (nSPS) is 9.52. The molecule has 132 valence electrons. The van der Waals surface area contributed by atoms with Crippen LogP contribution in [-0.2, 0) is 6.42 Å². The van der Waals surface area contributed by atoms with Gasteiger partial charge < -0.3 is 15.8 Å². The zero-order chi connectivity index (χ0) is 18.7. The van der Waals surface area contributed by atoms with E-state index in [1.807, 2.05) is 25.2 Å². The molecule has 2 rings (SSSR count). The van der Waals surface area contributed by atoms with Crippen LogP contribution in [0.4, 0.5) is 5.69 Å². The molecular formula is C18H21ClN4O2. The van der Waals surface area contributed by atoms with Crippen molar-refractivity contribution in [2.24, 2.45) is 0 Å². The van der Waals surface area contributed by atoms with Crippen molar-refractivity contribution in [2.45, 2.75) is 13.3 Å². The summed E-state index contributed by atoms with van der Waals surface area (Å²) in [6.07, 6.45) is 1.62. The van der Waals surface area contributed by atoms with Gasteiger partial charge in [0, 0.05) is 5.02 Å². The number of carbonyl (C=O) groups excluding carboxylic acids is 1. The average Bonchev–Trinajstić information content (AvgIpc) is 2.62. The summed E-state index contributed by atoms with van der Waals surface area (Å²) in [5.41, 5.74) is 7.38. The predicted molar refractivity (Wildman–Crippen MR) is 99.0 cm³/mol. The second kappa shape index (κ2) is 11.0. The van der Waals surface area contributed by atoms with E-state index in [1.165, 1.54) is 11.6 Å². The van der Waals surface area contributed by atoms with E-state index in [4.69, 9.17) is 27.3 Å². The molecule has 7 heteroatoms. The minimum atomic E-state index is 0.108. The lowest BCUT2D eigenvalue weighted by Gasteiger charge is -2.06. The van der Waals surface area contributed by atoms with E-state index in [2.05, 4.69) is 22.4 Å². The number of aromatic nitrogens is 1. The topological polar surface area (TPSA) is 101 Å². The van der Waals surface area contributed by atoms with Crippen molar-refractivity contribution in [2.75, 3.05) is 25.9 Å². The van der Waals surface area contributed by atoms with Crippen LogP contribution in [0.1, 0.15) is 28.5 Å². The van der Waals surface area contributed by atoms with Gasteiger partial charge in [-0.1, -0.05) is 23.7 Å². The average molecular weight is 361 g/mol. The lowest BCUT2D eigenvalue weighted by Crippen LogP contribution is -2.09. The highest BCUT2D eigenvalue weighted by Crippen LogP contribution is 2.21. The molecule has 1 aromatic heterocycles. The number of nitrogens with two attached hydrogens (primary N) is 1. The first kappa shape index (κ1) is 20.4. The highest BCUT2D eigenvalue weighted by Gasteiger charge is 2.10. The first-order valence-electron chi connectivity index (χ1n) is 7.73. The van der Waals surface area contributed by atoms with Crippen LogP contribution in [0.5, 0.6) is 5.88 Å². The number of hydrogen-bond donors (Lipinski definition) is 2. The van der Waals surface area contributed by atoms with Gasteiger partial charge in [-0.3, -0.25) is 4.79 Å². The Bertz CT molecular complexity index is 727. The zero-order valence-corrected chi connectivity index (χ0v) is 15.0. The number of nitrogens with one attached hydrogen (secondary N) is 1. The third-order valence-corrected chi connectivity index (χ3v) is 3.38. The van der Waals surface area contributed by atoms with Crippen molar-refractivity contribution >= 4 is 23.6 Å². The second-order valence-electron chi connectivity index (χ2n) is 4.96. The molecule has 0 aliphatic heterocycles. The monoisotopic (exact) mass is 360 g/mol. The number of hydrogen-bond acceptors (Lipinski definition) is 6. The maximum Gasteiger partial charge on any atom is 0.234 e. The van der Waals surface area contributed by atoms with E-state index in [0.29, 0.717) is 12.9 Å². The van der Waals surface area contributed by atoms with Crippen LogP contribution in [0.15, 0.2) is 30.3 Å². The van der Waals surface area contributed by atoms with E-state index in [1.54, 1.807) is 6.92 Å². The van der Waals surface area contributed by atoms with Gasteiger partial charge in [0.15, 0.2) is 6.29 Å². The molecular weight excluding hydrogens is 340 g/mol. The molecule has 2 aromatic rings. The molecule has 0 saturated carbocycles. The van der Waals surface area contributed by atoms with Crippen LogP contribution < -0.4 is 15.8 Å². The van der Waals surface area contributed by atoms with Crippen LogP contribution in [0.3, 0.4) is 0 Å². The highest BCUT2D eigenvalue weighted by atomic mass is 35.5. The van der Waals surface area contributed by atoms with Crippen LogP contribution in [0.25, 0.3) is 0 Å². The van der Waals surface area contributed by atoms with Crippen molar-refractivity contribution in [3.63, 3.8) is 0 Å². The molecule has 0 saturated heterocycles. The summed E-state index contributed by atoms with van der Waals surface area (Å²) in [4.78, 5) is 14.3. The number of nitrogens with zero attached hydrogens (tertiary/aromatic N) is 2. The third kappa shape index (κ3) is 6.79. The number of aldehydes is 1. The van der Waals surface area contributed by atoms with E-state index < -0.39 is 0 Å². The van der Waals surface area contributed by atoms with Gasteiger partial charge >= 0.3 is 0 Å². The molecule has 6 nitrogen and oxygen atoms in total. The van der Waals surface area contributed by atoms with Crippen LogP contribution in [-0.4, -0.2) is 31.5 Å². The summed E-state index contributed by atoms with van der Waals surface area (Å²) in [5.74, 6) is 0.108. The van der Waals surface area contributed by atoms with Crippen molar-refractivity contribution < 1.29 is 9.53 Å². The Balaban J connectivity index is 0.000000257. The summed E-state index contributed by atoms with van der Waals surface area (Å²) >= 11 is 5.73. The number of halogens is 1. The van der Waals surface area contributed by atoms with Gasteiger partial charge in [-0.2, -0.15) is 5.26 Å². The van der Waals surface area contributed by atoms with Crippen molar-refractivity contribution in [3.05, 3.63) is 52.2 Å². The second-order valence-corrected chi connectivity index (χ2v) is 5.40. The van der Waals surface area contributed by atoms with Crippen molar-refractivity contribution in [3.8, 4) is 11.9 Å². The number of nitrogen functional groups attached to an aromatic ring is 1. The fourth-order valence-electron chi connectivity index (χ4n) is 1.89. The van der Waals surface area contributed by atoms with Gasteiger partial charge in [0.2, 0.25) is 5.88 Å². The van der Waals surface area contributed by atoms with Gasteiger partial charge in [0.25, 0.3) is 0 Å². The van der Waals surface area contributed by atoms with E-state index in [-0.39, 0.29) is 22.8 Å². The maximum atomic E-state index is 10.5. The van der Waals surface area contributed by atoms with Crippen LogP contribution in [0.2, 0.25) is 5.02 Å². The molecule has 25 heavy (non-hydrogen) atoms. The Morgan fingerprint density at radius 2 is 2.08 bits per heavy atom. The Morgan fingerprint density at radius 3 is 2.60 bits per heavy atom. The first-order chi connectivity index (χ1) is 12.0. The molecule has 0 amide bonds. The van der Waals surface area contributed by atoms with E-state index in [9.17, 15) is 4.79 Å². The maximum absolute atomic E-state index is 10.5. The molecule has 0 bridgehead atoms. The minimum Gasteiger partial charge on any atom is -0.477 e. The fraction of sp³-hybridized carbons (Fsp3) is 0.278. The third-order valence-electron chi connectivity index (χ3n) is 3.13. The standard InChI is InChI=1S/C9H12ClN.C9H9N3O2/c1-11-7-6-8-2-4-9(10)5-3-8;1-2-14-9-7(4-10)8(11)3-6(5-13)12-9/h2-5,11H,6-7H2,1H3;3,5H,2H2,1H3,(H2,11,12). The molecule has 0 unspecified atom stereocenters. The summed E-state index contributed by atoms with van der Waals surface area (Å²) in [7, 11) is 1.95. The smallest absolute Gasteiger partial charge is 0.234 e. The van der Waals surface area contributed by atoms with Gasteiger partial charge in [-0.05, 0) is 50.7 Å². The lowest BCUT2D eigenvalue weighted by molar-refractivity contribution is 0.111. The van der Waals surface area contributed by atoms with E-state index in [0.717, 1.165) is 18.0 Å². The number of likely N-dealkylation sites (N-methyl/N-ethyl adjacent to an activating group) is 1. The summed E-state index contributed by atoms with van der Waals surface area (Å²) < 4.78 is 5.08. The quantitative estimate of drug-likeness (QED) is 0.768. The van der Waals surface area contributed by atoms with Gasteiger partial charge in [0.05, 0.1) is 12.3 Å². The number of pyridine rings is 1. The molecule has 0 radical (unpaired) electrons. The van der Waals surface area contributed by atoms with Gasteiger partial charge in [0.1, 0.15) is 17.3 Å². The van der Waals surface area contributed by atoms with E-state index >= 15 is 0 Å². The number of anilines is 1. The number of benzene rings is 1. The summed E-state index contributed by atoms with van der Waals surface area (Å²) in [6, 6.07) is 11.2. The van der Waals surface area contributed by atoms with Crippen LogP contribution >= 0.6 is 11.6 Å². The minimum absolute atomic E-state index is 0.108. The molecule has 0 spiro atoms. The molecule has 0 fully saturated rings. The Hall–Kier alpha value is -2.62.